The molecule has 0 amide bonds. The second-order valence-corrected chi connectivity index (χ2v) is 7.68. The van der Waals surface area contributed by atoms with Crippen LogP contribution in [0.5, 0.6) is 0 Å². The molecule has 0 saturated carbocycles. The van der Waals surface area contributed by atoms with Crippen molar-refractivity contribution >= 4 is 59.1 Å². The van der Waals surface area contributed by atoms with E-state index in [1.54, 1.807) is 19.4 Å². The minimum Gasteiger partial charge on any atom is -0.356 e. The van der Waals surface area contributed by atoms with E-state index < -0.39 is 0 Å². The van der Waals surface area contributed by atoms with Crippen LogP contribution in [-0.4, -0.2) is 71.7 Å². The van der Waals surface area contributed by atoms with Crippen LogP contribution in [0.1, 0.15) is 12.1 Å². The van der Waals surface area contributed by atoms with Gasteiger partial charge in [0.15, 0.2) is 5.96 Å². The smallest absolute Gasteiger partial charge is 0.225 e. The summed E-state index contributed by atoms with van der Waals surface area (Å²) >= 11 is 12.2. The number of aromatic nitrogens is 3. The van der Waals surface area contributed by atoms with Crippen LogP contribution < -0.4 is 15.5 Å². The van der Waals surface area contributed by atoms with Crippen molar-refractivity contribution < 1.29 is 0 Å². The van der Waals surface area contributed by atoms with E-state index in [-0.39, 0.29) is 24.0 Å². The SMILES string of the molecule is CN=C(NCCCN1CCN(c2ncccn2)CC1)NCc1cc(Cl)c(Cl)n1C.I. The fourth-order valence-corrected chi connectivity index (χ4v) is 3.70. The van der Waals surface area contributed by atoms with Gasteiger partial charge in [-0.3, -0.25) is 9.89 Å². The van der Waals surface area contributed by atoms with Crippen molar-refractivity contribution in [1.29, 1.82) is 0 Å². The Balaban J connectivity index is 0.00000320. The summed E-state index contributed by atoms with van der Waals surface area (Å²) < 4.78 is 1.87. The van der Waals surface area contributed by atoms with Crippen LogP contribution in [0.3, 0.4) is 0 Å². The van der Waals surface area contributed by atoms with E-state index in [4.69, 9.17) is 23.2 Å². The molecule has 30 heavy (non-hydrogen) atoms. The van der Waals surface area contributed by atoms with Gasteiger partial charge in [0.2, 0.25) is 5.95 Å². The van der Waals surface area contributed by atoms with Gasteiger partial charge in [-0.1, -0.05) is 23.2 Å². The summed E-state index contributed by atoms with van der Waals surface area (Å²) in [6, 6.07) is 3.71. The number of anilines is 1. The number of hydrogen-bond donors (Lipinski definition) is 2. The Bertz CT molecular complexity index is 806. The Morgan fingerprint density at radius 3 is 2.43 bits per heavy atom. The molecule has 0 bridgehead atoms. The van der Waals surface area contributed by atoms with Crippen LogP contribution >= 0.6 is 47.2 Å². The van der Waals surface area contributed by atoms with Gasteiger partial charge < -0.3 is 20.1 Å². The fourth-order valence-electron chi connectivity index (χ4n) is 3.29. The largest absolute Gasteiger partial charge is 0.356 e. The molecule has 1 aliphatic heterocycles. The van der Waals surface area contributed by atoms with E-state index in [0.29, 0.717) is 16.7 Å². The van der Waals surface area contributed by atoms with Gasteiger partial charge >= 0.3 is 0 Å². The topological polar surface area (TPSA) is 73.6 Å². The maximum atomic E-state index is 6.11. The number of halogens is 3. The number of rotatable bonds is 7. The first-order chi connectivity index (χ1) is 14.1. The van der Waals surface area contributed by atoms with Gasteiger partial charge in [0.1, 0.15) is 5.15 Å². The number of guanidine groups is 1. The molecule has 0 aliphatic carbocycles. The lowest BCUT2D eigenvalue weighted by Crippen LogP contribution is -2.47. The highest BCUT2D eigenvalue weighted by atomic mass is 127. The first kappa shape index (κ1) is 25.0. The van der Waals surface area contributed by atoms with Gasteiger partial charge in [-0.15, -0.1) is 24.0 Å². The minimum atomic E-state index is 0. The molecule has 3 heterocycles. The molecular weight excluding hydrogens is 538 g/mol. The summed E-state index contributed by atoms with van der Waals surface area (Å²) in [6.45, 7) is 6.49. The van der Waals surface area contributed by atoms with Crippen molar-refractivity contribution in [2.75, 3.05) is 51.2 Å². The lowest BCUT2D eigenvalue weighted by Gasteiger charge is -2.34. The number of aliphatic imine (C=N–C) groups is 1. The van der Waals surface area contributed by atoms with Crippen molar-refractivity contribution in [3.05, 3.63) is 40.4 Å². The third-order valence-electron chi connectivity index (χ3n) is 5.03. The molecule has 11 heteroatoms. The number of nitrogens with zero attached hydrogens (tertiary/aromatic N) is 6. The minimum absolute atomic E-state index is 0. The number of hydrogen-bond acceptors (Lipinski definition) is 5. The molecule has 1 saturated heterocycles. The van der Waals surface area contributed by atoms with Crippen molar-refractivity contribution in [1.82, 2.24) is 30.1 Å². The van der Waals surface area contributed by atoms with Crippen molar-refractivity contribution in [2.45, 2.75) is 13.0 Å². The average molecular weight is 567 g/mol. The number of piperazine rings is 1. The molecule has 1 fully saturated rings. The van der Waals surface area contributed by atoms with E-state index in [1.807, 2.05) is 23.7 Å². The van der Waals surface area contributed by atoms with E-state index in [0.717, 1.165) is 63.3 Å². The zero-order valence-corrected chi connectivity index (χ0v) is 21.2. The maximum absolute atomic E-state index is 6.11. The molecule has 0 aromatic carbocycles. The van der Waals surface area contributed by atoms with Gasteiger partial charge in [0.05, 0.1) is 11.6 Å². The molecule has 3 rings (SSSR count). The second kappa shape index (κ2) is 12.5. The first-order valence-corrected chi connectivity index (χ1v) is 10.5. The zero-order valence-electron chi connectivity index (χ0n) is 17.3. The summed E-state index contributed by atoms with van der Waals surface area (Å²) in [5, 5.41) is 7.77. The lowest BCUT2D eigenvalue weighted by molar-refractivity contribution is 0.254. The van der Waals surface area contributed by atoms with Crippen molar-refractivity contribution in [2.24, 2.45) is 12.0 Å². The van der Waals surface area contributed by atoms with Gasteiger partial charge in [0, 0.05) is 64.9 Å². The predicted molar refractivity (Wildman–Crippen MR) is 134 cm³/mol. The fraction of sp³-hybridized carbons (Fsp3) is 0.526. The second-order valence-electron chi connectivity index (χ2n) is 6.92. The van der Waals surface area contributed by atoms with Crippen molar-refractivity contribution in [3.8, 4) is 0 Å². The van der Waals surface area contributed by atoms with E-state index in [2.05, 4.69) is 35.4 Å². The molecule has 0 spiro atoms. The maximum Gasteiger partial charge on any atom is 0.225 e. The zero-order chi connectivity index (χ0) is 20.6. The summed E-state index contributed by atoms with van der Waals surface area (Å²) in [6.07, 6.45) is 4.63. The molecule has 1 aliphatic rings. The summed E-state index contributed by atoms with van der Waals surface area (Å²) in [7, 11) is 3.66. The third-order valence-corrected chi connectivity index (χ3v) is 5.87. The van der Waals surface area contributed by atoms with Crippen LogP contribution in [0.25, 0.3) is 0 Å². The summed E-state index contributed by atoms with van der Waals surface area (Å²) in [5.74, 6) is 1.59. The van der Waals surface area contributed by atoms with Crippen LogP contribution in [0.2, 0.25) is 10.2 Å². The van der Waals surface area contributed by atoms with E-state index in [1.165, 1.54) is 0 Å². The monoisotopic (exact) mass is 566 g/mol. The third kappa shape index (κ3) is 6.86. The highest BCUT2D eigenvalue weighted by Gasteiger charge is 2.18. The van der Waals surface area contributed by atoms with Crippen LogP contribution in [0.15, 0.2) is 29.5 Å². The highest BCUT2D eigenvalue weighted by molar-refractivity contribution is 14.0. The molecule has 0 atom stereocenters. The molecule has 2 aromatic heterocycles. The summed E-state index contributed by atoms with van der Waals surface area (Å²) in [4.78, 5) is 17.7. The predicted octanol–water partition coefficient (Wildman–Crippen LogP) is 2.62. The average Bonchev–Trinajstić information content (AvgIpc) is 3.01. The summed E-state index contributed by atoms with van der Waals surface area (Å²) in [5.41, 5.74) is 1.00. The Kier molecular flexibility index (Phi) is 10.4. The van der Waals surface area contributed by atoms with Crippen LogP contribution in [0.4, 0.5) is 5.95 Å². The Morgan fingerprint density at radius 2 is 1.83 bits per heavy atom. The molecule has 8 nitrogen and oxygen atoms in total. The molecule has 2 N–H and O–H groups in total. The van der Waals surface area contributed by atoms with Gasteiger partial charge in [-0.25, -0.2) is 9.97 Å². The van der Waals surface area contributed by atoms with Crippen LogP contribution in [-0.2, 0) is 13.6 Å². The van der Waals surface area contributed by atoms with E-state index in [9.17, 15) is 0 Å². The van der Waals surface area contributed by atoms with Gasteiger partial charge in [0.25, 0.3) is 0 Å². The Morgan fingerprint density at radius 1 is 1.13 bits per heavy atom. The van der Waals surface area contributed by atoms with E-state index >= 15 is 0 Å². The molecule has 0 unspecified atom stereocenters. The quantitative estimate of drug-likeness (QED) is 0.232. The van der Waals surface area contributed by atoms with Crippen molar-refractivity contribution in [3.63, 3.8) is 0 Å². The molecule has 0 radical (unpaired) electrons. The number of nitrogens with one attached hydrogen (secondary N) is 2. The molecule has 166 valence electrons. The molecular formula is C19H29Cl2IN8. The normalized spacial score (nSPS) is 15.1. The molecule has 2 aromatic rings. The standard InChI is InChI=1S/C19H28Cl2N8.HI/c1-22-18(26-14-15-13-16(20)17(21)27(15)2)23-7-4-8-28-9-11-29(12-10-28)19-24-5-3-6-25-19;/h3,5-6,13H,4,7-12,14H2,1-2H3,(H2,22,23,26);1H. The van der Waals surface area contributed by atoms with Gasteiger partial charge in [-0.05, 0) is 25.1 Å². The van der Waals surface area contributed by atoms with Crippen LogP contribution in [0, 0.1) is 0 Å². The first-order valence-electron chi connectivity index (χ1n) is 9.77. The highest BCUT2D eigenvalue weighted by Crippen LogP contribution is 2.24. The Hall–Kier alpha value is -1.30. The van der Waals surface area contributed by atoms with Gasteiger partial charge in [-0.2, -0.15) is 0 Å². The lowest BCUT2D eigenvalue weighted by atomic mass is 10.3. The Labute approximate surface area is 205 Å².